The van der Waals surface area contributed by atoms with Crippen molar-refractivity contribution in [2.45, 2.75) is 19.8 Å². The fraction of sp³-hybridized carbons (Fsp3) is 0.308. The third-order valence-electron chi connectivity index (χ3n) is 3.09. The first-order chi connectivity index (χ1) is 9.47. The summed E-state index contributed by atoms with van der Waals surface area (Å²) in [6, 6.07) is 4.68. The Balaban J connectivity index is 2.80. The van der Waals surface area contributed by atoms with Gasteiger partial charge in [-0.05, 0) is 17.5 Å². The zero-order chi connectivity index (χ0) is 14.9. The van der Waals surface area contributed by atoms with Gasteiger partial charge in [0, 0.05) is 11.5 Å². The fourth-order valence-corrected chi connectivity index (χ4v) is 2.07. The maximum absolute atomic E-state index is 11.0. The summed E-state index contributed by atoms with van der Waals surface area (Å²) in [7, 11) is 1.45. The highest BCUT2D eigenvalue weighted by atomic mass is 16.6. The van der Waals surface area contributed by atoms with E-state index in [1.807, 2.05) is 19.9 Å². The number of nitro benzene ring substituents is 1. The monoisotopic (exact) mass is 276 g/mol. The van der Waals surface area contributed by atoms with Gasteiger partial charge in [0.1, 0.15) is 11.3 Å². The Hall–Kier alpha value is -2.41. The molecule has 1 aromatic carbocycles. The number of aromatic nitrogens is 1. The van der Waals surface area contributed by atoms with Gasteiger partial charge < -0.3 is 10.2 Å². The number of benzene rings is 1. The van der Waals surface area contributed by atoms with Gasteiger partial charge in [-0.1, -0.05) is 13.8 Å². The van der Waals surface area contributed by atoms with Crippen LogP contribution in [0.25, 0.3) is 10.9 Å². The second-order valence-electron chi connectivity index (χ2n) is 4.70. The van der Waals surface area contributed by atoms with E-state index in [4.69, 9.17) is 10.6 Å². The van der Waals surface area contributed by atoms with E-state index in [1.54, 1.807) is 0 Å². The molecule has 20 heavy (non-hydrogen) atoms. The molecule has 3 N–H and O–H groups in total. The summed E-state index contributed by atoms with van der Waals surface area (Å²) < 4.78 is 5.18. The van der Waals surface area contributed by atoms with Crippen LogP contribution in [0.5, 0.6) is 5.75 Å². The number of hydrazine groups is 1. The molecule has 0 aliphatic heterocycles. The van der Waals surface area contributed by atoms with Crippen molar-refractivity contribution in [3.05, 3.63) is 33.9 Å². The zero-order valence-electron chi connectivity index (χ0n) is 11.5. The number of hydrogen-bond acceptors (Lipinski definition) is 6. The molecule has 0 saturated carbocycles. The third-order valence-corrected chi connectivity index (χ3v) is 3.09. The van der Waals surface area contributed by atoms with Crippen molar-refractivity contribution in [3.8, 4) is 5.75 Å². The van der Waals surface area contributed by atoms with Crippen LogP contribution in [-0.4, -0.2) is 17.0 Å². The molecule has 2 rings (SSSR count). The minimum absolute atomic E-state index is 0.0284. The predicted molar refractivity (Wildman–Crippen MR) is 76.8 cm³/mol. The van der Waals surface area contributed by atoms with Crippen LogP contribution >= 0.6 is 0 Å². The van der Waals surface area contributed by atoms with Gasteiger partial charge in [-0.15, -0.1) is 0 Å². The zero-order valence-corrected chi connectivity index (χ0v) is 11.5. The number of rotatable bonds is 4. The van der Waals surface area contributed by atoms with Gasteiger partial charge in [0.05, 0.1) is 18.1 Å². The lowest BCUT2D eigenvalue weighted by atomic mass is 10.0. The van der Waals surface area contributed by atoms with Crippen molar-refractivity contribution in [3.63, 3.8) is 0 Å². The molecule has 0 atom stereocenters. The molecular formula is C13H16N4O3. The summed E-state index contributed by atoms with van der Waals surface area (Å²) in [6.07, 6.45) is 0. The number of nitrogens with one attached hydrogen (secondary N) is 1. The highest BCUT2D eigenvalue weighted by Gasteiger charge is 2.17. The lowest BCUT2D eigenvalue weighted by molar-refractivity contribution is -0.384. The standard InChI is InChI=1S/C13H16N4O3/c1-7(2)10-5-8-4-9(17(18)19)6-11(20-3)12(8)15-13(10)16-14/h4-7H,14H2,1-3H3,(H,15,16). The van der Waals surface area contributed by atoms with E-state index in [1.165, 1.54) is 19.2 Å². The van der Waals surface area contributed by atoms with Crippen LogP contribution in [0.2, 0.25) is 0 Å². The van der Waals surface area contributed by atoms with E-state index in [0.717, 1.165) is 5.56 Å². The largest absolute Gasteiger partial charge is 0.494 e. The second-order valence-corrected chi connectivity index (χ2v) is 4.70. The van der Waals surface area contributed by atoms with E-state index in [2.05, 4.69) is 10.4 Å². The molecule has 7 nitrogen and oxygen atoms in total. The molecule has 0 fully saturated rings. The van der Waals surface area contributed by atoms with Crippen LogP contribution in [0.3, 0.4) is 0 Å². The number of anilines is 1. The summed E-state index contributed by atoms with van der Waals surface area (Å²) in [4.78, 5) is 14.9. The van der Waals surface area contributed by atoms with Crippen molar-refractivity contribution in [1.82, 2.24) is 4.98 Å². The van der Waals surface area contributed by atoms with Gasteiger partial charge >= 0.3 is 0 Å². The van der Waals surface area contributed by atoms with Gasteiger partial charge in [0.25, 0.3) is 5.69 Å². The van der Waals surface area contributed by atoms with E-state index >= 15 is 0 Å². The summed E-state index contributed by atoms with van der Waals surface area (Å²) >= 11 is 0. The number of hydrogen-bond donors (Lipinski definition) is 2. The second kappa shape index (κ2) is 5.30. The number of nitrogens with zero attached hydrogens (tertiary/aromatic N) is 2. The van der Waals surface area contributed by atoms with Crippen molar-refractivity contribution in [1.29, 1.82) is 0 Å². The van der Waals surface area contributed by atoms with Gasteiger partial charge in [-0.3, -0.25) is 10.1 Å². The molecule has 1 aromatic heterocycles. The van der Waals surface area contributed by atoms with Crippen LogP contribution in [0.1, 0.15) is 25.3 Å². The lowest BCUT2D eigenvalue weighted by Crippen LogP contribution is -2.12. The number of nitrogen functional groups attached to an aromatic ring is 1. The predicted octanol–water partition coefficient (Wildman–Crippen LogP) is 2.56. The first kappa shape index (κ1) is 14.0. The van der Waals surface area contributed by atoms with Gasteiger partial charge in [0.15, 0.2) is 5.75 Å². The van der Waals surface area contributed by atoms with Gasteiger partial charge in [0.2, 0.25) is 0 Å². The number of fused-ring (bicyclic) bond motifs is 1. The number of ether oxygens (including phenoxy) is 1. The van der Waals surface area contributed by atoms with Crippen molar-refractivity contribution >= 4 is 22.4 Å². The van der Waals surface area contributed by atoms with E-state index in [9.17, 15) is 10.1 Å². The number of methoxy groups -OCH3 is 1. The van der Waals surface area contributed by atoms with Crippen molar-refractivity contribution in [2.24, 2.45) is 5.84 Å². The highest BCUT2D eigenvalue weighted by molar-refractivity contribution is 5.89. The third kappa shape index (κ3) is 2.35. The molecule has 0 amide bonds. The minimum atomic E-state index is -0.452. The fourth-order valence-electron chi connectivity index (χ4n) is 2.07. The average molecular weight is 276 g/mol. The maximum Gasteiger partial charge on any atom is 0.273 e. The first-order valence-electron chi connectivity index (χ1n) is 6.11. The molecule has 0 spiro atoms. The summed E-state index contributed by atoms with van der Waals surface area (Å²) in [5.74, 6) is 6.56. The Morgan fingerprint density at radius 2 is 2.10 bits per heavy atom. The minimum Gasteiger partial charge on any atom is -0.494 e. The summed E-state index contributed by atoms with van der Waals surface area (Å²) in [6.45, 7) is 4.00. The molecule has 0 bridgehead atoms. The summed E-state index contributed by atoms with van der Waals surface area (Å²) in [5, 5.41) is 11.6. The van der Waals surface area contributed by atoms with Gasteiger partial charge in [-0.25, -0.2) is 10.8 Å². The number of nitrogens with two attached hydrogens (primary N) is 1. The molecular weight excluding hydrogens is 260 g/mol. The quantitative estimate of drug-likeness (QED) is 0.505. The lowest BCUT2D eigenvalue weighted by Gasteiger charge is -2.14. The van der Waals surface area contributed by atoms with E-state index in [0.29, 0.717) is 22.5 Å². The SMILES string of the molecule is COc1cc([N+](=O)[O-])cc2cc(C(C)C)c(NN)nc12. The average Bonchev–Trinajstić information content (AvgIpc) is 2.44. The molecule has 0 aliphatic carbocycles. The molecule has 0 saturated heterocycles. The number of nitro groups is 1. The van der Waals surface area contributed by atoms with E-state index < -0.39 is 4.92 Å². The van der Waals surface area contributed by atoms with Gasteiger partial charge in [-0.2, -0.15) is 0 Å². The number of non-ortho nitro benzene ring substituents is 1. The summed E-state index contributed by atoms with van der Waals surface area (Å²) in [5.41, 5.74) is 3.96. The highest BCUT2D eigenvalue weighted by Crippen LogP contribution is 2.34. The Kier molecular flexibility index (Phi) is 3.71. The molecule has 0 aliphatic rings. The van der Waals surface area contributed by atoms with Crippen LogP contribution < -0.4 is 16.0 Å². The first-order valence-corrected chi connectivity index (χ1v) is 6.11. The van der Waals surface area contributed by atoms with Crippen LogP contribution in [-0.2, 0) is 0 Å². The van der Waals surface area contributed by atoms with Crippen LogP contribution in [0.4, 0.5) is 11.5 Å². The Bertz CT molecular complexity index is 670. The van der Waals surface area contributed by atoms with Crippen molar-refractivity contribution < 1.29 is 9.66 Å². The number of pyridine rings is 1. The molecule has 2 aromatic rings. The smallest absolute Gasteiger partial charge is 0.273 e. The Labute approximate surface area is 115 Å². The van der Waals surface area contributed by atoms with E-state index in [-0.39, 0.29) is 11.6 Å². The Morgan fingerprint density at radius 3 is 2.60 bits per heavy atom. The maximum atomic E-state index is 11.0. The molecule has 7 heteroatoms. The van der Waals surface area contributed by atoms with Crippen LogP contribution in [0.15, 0.2) is 18.2 Å². The Morgan fingerprint density at radius 1 is 1.40 bits per heavy atom. The molecule has 1 heterocycles. The molecule has 0 unspecified atom stereocenters. The molecule has 106 valence electrons. The normalized spacial score (nSPS) is 10.8. The van der Waals surface area contributed by atoms with Crippen LogP contribution in [0, 0.1) is 10.1 Å². The topological polar surface area (TPSA) is 103 Å². The molecule has 0 radical (unpaired) electrons. The van der Waals surface area contributed by atoms with Crippen molar-refractivity contribution in [2.75, 3.05) is 12.5 Å².